The largest absolute Gasteiger partial charge is 1.00 e. The summed E-state index contributed by atoms with van der Waals surface area (Å²) in [6.45, 7) is 0. The predicted molar refractivity (Wildman–Crippen MR) is 74.6 cm³/mol. The van der Waals surface area contributed by atoms with Crippen molar-refractivity contribution < 1.29 is 18.9 Å². The molecule has 4 aromatic carbocycles. The molecule has 0 aliphatic rings. The fourth-order valence-corrected chi connectivity index (χ4v) is 2.71. The molecule has 0 nitrogen and oxygen atoms in total. The van der Waals surface area contributed by atoms with Crippen molar-refractivity contribution in [2.45, 2.75) is 0 Å². The third-order valence-electron chi connectivity index (χ3n) is 3.52. The van der Waals surface area contributed by atoms with E-state index in [1.807, 2.05) is 0 Å². The molecule has 0 saturated carbocycles. The van der Waals surface area contributed by atoms with Crippen LogP contribution in [0.25, 0.3) is 32.3 Å². The van der Waals surface area contributed by atoms with Crippen LogP contribution in [0.3, 0.4) is 0 Å². The molecule has 0 fully saturated rings. The van der Waals surface area contributed by atoms with Crippen LogP contribution in [-0.2, 0) is 0 Å². The average molecular weight is 222 g/mol. The number of benzene rings is 3. The van der Waals surface area contributed by atoms with E-state index in [4.69, 9.17) is 0 Å². The summed E-state index contributed by atoms with van der Waals surface area (Å²) >= 11 is 0. The third kappa shape index (κ3) is 1.51. The molecule has 0 aromatic heterocycles. The Morgan fingerprint density at radius 1 is 0.667 bits per heavy atom. The summed E-state index contributed by atoms with van der Waals surface area (Å²) < 4.78 is 0. The van der Waals surface area contributed by atoms with E-state index in [9.17, 15) is 0 Å². The van der Waals surface area contributed by atoms with Crippen molar-refractivity contribution in [3.8, 4) is 0 Å². The fraction of sp³-hybridized carbons (Fsp3) is 0. The first-order valence-electron chi connectivity index (χ1n) is 5.89. The second kappa shape index (κ2) is 4.25. The van der Waals surface area contributed by atoms with Crippen molar-refractivity contribution in [3.63, 3.8) is 0 Å². The zero-order valence-electron chi connectivity index (χ0n) is 10.4. The van der Waals surface area contributed by atoms with Gasteiger partial charge in [-0.25, -0.2) is 0 Å². The Kier molecular flexibility index (Phi) is 2.71. The summed E-state index contributed by atoms with van der Waals surface area (Å²) in [6, 6.07) is 23.9. The van der Waals surface area contributed by atoms with Crippen LogP contribution in [-0.4, -0.2) is 0 Å². The molecule has 18 heavy (non-hydrogen) atoms. The summed E-state index contributed by atoms with van der Waals surface area (Å²) in [7, 11) is 0. The average Bonchev–Trinajstić information content (AvgIpc) is 2.78. The molecule has 4 aromatic rings. The van der Waals surface area contributed by atoms with Crippen molar-refractivity contribution in [2.24, 2.45) is 0 Å². The first-order valence-corrected chi connectivity index (χ1v) is 5.89. The number of fused-ring (bicyclic) bond motifs is 5. The summed E-state index contributed by atoms with van der Waals surface area (Å²) in [5.41, 5.74) is 0. The van der Waals surface area contributed by atoms with Gasteiger partial charge in [0.1, 0.15) is 0 Å². The Morgan fingerprint density at radius 3 is 2.44 bits per heavy atom. The molecular weight excluding hydrogens is 211 g/mol. The number of rotatable bonds is 0. The van der Waals surface area contributed by atoms with Gasteiger partial charge in [0.25, 0.3) is 0 Å². The molecule has 0 heterocycles. The zero-order valence-corrected chi connectivity index (χ0v) is 10.4. The van der Waals surface area contributed by atoms with Gasteiger partial charge in [-0.3, -0.25) is 0 Å². The standard InChI is InChI=1S/C17H11.Li/c1-3-7-14-12(5-1)9-10-16-15-8-4-2-6-13(15)11-17(14)16;/h1-11H;/q-1;+1. The molecule has 4 rings (SSSR count). The van der Waals surface area contributed by atoms with Gasteiger partial charge < -0.3 is 0 Å². The maximum atomic E-state index is 2.30. The van der Waals surface area contributed by atoms with Gasteiger partial charge in [-0.15, -0.1) is 35.0 Å². The van der Waals surface area contributed by atoms with Gasteiger partial charge in [-0.1, -0.05) is 53.2 Å². The minimum atomic E-state index is 0. The minimum Gasteiger partial charge on any atom is -0.145 e. The van der Waals surface area contributed by atoms with Crippen molar-refractivity contribution >= 4 is 32.3 Å². The second-order valence-corrected chi connectivity index (χ2v) is 4.48. The molecule has 0 atom stereocenters. The summed E-state index contributed by atoms with van der Waals surface area (Å²) in [5, 5.41) is 8.08. The number of hydrogen-bond acceptors (Lipinski definition) is 0. The van der Waals surface area contributed by atoms with E-state index in [0.717, 1.165) is 0 Å². The van der Waals surface area contributed by atoms with Crippen LogP contribution in [0.5, 0.6) is 0 Å². The summed E-state index contributed by atoms with van der Waals surface area (Å²) in [6.07, 6.45) is 0. The molecule has 0 bridgehead atoms. The van der Waals surface area contributed by atoms with Gasteiger partial charge in [0.2, 0.25) is 0 Å². The summed E-state index contributed by atoms with van der Waals surface area (Å²) in [4.78, 5) is 0. The number of hydrogen-bond donors (Lipinski definition) is 0. The zero-order chi connectivity index (χ0) is 11.2. The van der Waals surface area contributed by atoms with E-state index in [-0.39, 0.29) is 18.9 Å². The van der Waals surface area contributed by atoms with E-state index in [0.29, 0.717) is 0 Å². The van der Waals surface area contributed by atoms with Crippen molar-refractivity contribution in [1.29, 1.82) is 0 Å². The van der Waals surface area contributed by atoms with E-state index < -0.39 is 0 Å². The monoisotopic (exact) mass is 222 g/mol. The Hall–Kier alpha value is -1.61. The van der Waals surface area contributed by atoms with E-state index in [1.165, 1.54) is 32.3 Å². The first kappa shape index (κ1) is 11.5. The molecule has 0 spiro atoms. The molecule has 1 heteroatoms. The maximum absolute atomic E-state index is 2.30. The third-order valence-corrected chi connectivity index (χ3v) is 3.52. The quantitative estimate of drug-likeness (QED) is 0.315. The summed E-state index contributed by atoms with van der Waals surface area (Å²) in [5.74, 6) is 0. The predicted octanol–water partition coefficient (Wildman–Crippen LogP) is 1.87. The van der Waals surface area contributed by atoms with Crippen LogP contribution in [0.1, 0.15) is 0 Å². The smallest absolute Gasteiger partial charge is 0.145 e. The molecule has 0 saturated heterocycles. The van der Waals surface area contributed by atoms with E-state index in [1.54, 1.807) is 0 Å². The second-order valence-electron chi connectivity index (χ2n) is 4.48. The SMILES string of the molecule is [Li+].c1ccc2c(c1)cc1c2ccc2ccc[cH-]c21. The normalized spacial score (nSPS) is 10.9. The van der Waals surface area contributed by atoms with Crippen LogP contribution in [0.2, 0.25) is 0 Å². The van der Waals surface area contributed by atoms with E-state index >= 15 is 0 Å². The van der Waals surface area contributed by atoms with Crippen LogP contribution < -0.4 is 18.9 Å². The van der Waals surface area contributed by atoms with Crippen LogP contribution in [0, 0.1) is 0 Å². The molecule has 0 aliphatic carbocycles. The van der Waals surface area contributed by atoms with Gasteiger partial charge in [-0.2, -0.15) is 0 Å². The van der Waals surface area contributed by atoms with Crippen LogP contribution >= 0.6 is 0 Å². The minimum absolute atomic E-state index is 0. The fourth-order valence-electron chi connectivity index (χ4n) is 2.71. The molecule has 0 N–H and O–H groups in total. The first-order chi connectivity index (χ1) is 8.43. The Morgan fingerprint density at radius 2 is 1.50 bits per heavy atom. The molecular formula is C17H11Li. The van der Waals surface area contributed by atoms with Gasteiger partial charge in [0, 0.05) is 0 Å². The Balaban J connectivity index is 0.000001000. The van der Waals surface area contributed by atoms with Gasteiger partial charge >= 0.3 is 18.9 Å². The molecule has 0 radical (unpaired) electrons. The molecule has 0 aliphatic heterocycles. The maximum Gasteiger partial charge on any atom is 1.00 e. The van der Waals surface area contributed by atoms with Gasteiger partial charge in [-0.05, 0) is 10.8 Å². The molecule has 0 unspecified atom stereocenters. The van der Waals surface area contributed by atoms with Crippen molar-refractivity contribution in [3.05, 3.63) is 66.7 Å². The van der Waals surface area contributed by atoms with Gasteiger partial charge in [0.15, 0.2) is 0 Å². The molecule has 80 valence electrons. The Bertz CT molecular complexity index is 840. The van der Waals surface area contributed by atoms with Crippen molar-refractivity contribution in [2.75, 3.05) is 0 Å². The topological polar surface area (TPSA) is 0 Å². The van der Waals surface area contributed by atoms with Crippen molar-refractivity contribution in [1.82, 2.24) is 0 Å². The van der Waals surface area contributed by atoms with Crippen LogP contribution in [0.4, 0.5) is 0 Å². The Labute approximate surface area is 118 Å². The van der Waals surface area contributed by atoms with E-state index in [2.05, 4.69) is 66.7 Å². The molecule has 0 amide bonds. The van der Waals surface area contributed by atoms with Gasteiger partial charge in [0.05, 0.1) is 0 Å². The van der Waals surface area contributed by atoms with Crippen LogP contribution in [0.15, 0.2) is 66.7 Å².